The lowest BCUT2D eigenvalue weighted by molar-refractivity contribution is -0.134. The Morgan fingerprint density at radius 1 is 1.15 bits per heavy atom. The van der Waals surface area contributed by atoms with Gasteiger partial charge >= 0.3 is 0 Å². The summed E-state index contributed by atoms with van der Waals surface area (Å²) < 4.78 is 2.11. The van der Waals surface area contributed by atoms with Crippen LogP contribution < -0.4 is 0 Å². The standard InChI is InChI=1S/C21H26N4O/c1-4-8-20-23-18-9-6-7-10-19(18)25(20)16(3)21(26)24(5-2)15-17-11-13-22-14-12-17/h6-7,9-14,16H,4-5,8,15H2,1-3H3/t16-/m0/s1. The maximum absolute atomic E-state index is 13.2. The number of amides is 1. The molecule has 26 heavy (non-hydrogen) atoms. The SMILES string of the molecule is CCCc1nc2ccccc2n1[C@@H](C)C(=O)N(CC)Cc1ccncc1. The van der Waals surface area contributed by atoms with E-state index in [1.165, 1.54) is 0 Å². The molecule has 0 fully saturated rings. The molecule has 0 unspecified atom stereocenters. The smallest absolute Gasteiger partial charge is 0.245 e. The Balaban J connectivity index is 1.92. The Kier molecular flexibility index (Phi) is 5.66. The molecule has 0 spiro atoms. The van der Waals surface area contributed by atoms with Gasteiger partial charge in [-0.2, -0.15) is 0 Å². The molecule has 2 aromatic heterocycles. The monoisotopic (exact) mass is 350 g/mol. The summed E-state index contributed by atoms with van der Waals surface area (Å²) in [4.78, 5) is 23.9. The number of hydrogen-bond acceptors (Lipinski definition) is 3. The minimum Gasteiger partial charge on any atom is -0.337 e. The first-order chi connectivity index (χ1) is 12.7. The zero-order valence-electron chi connectivity index (χ0n) is 15.7. The van der Waals surface area contributed by atoms with Crippen molar-refractivity contribution in [3.63, 3.8) is 0 Å². The third-order valence-corrected chi connectivity index (χ3v) is 4.70. The van der Waals surface area contributed by atoms with E-state index in [0.717, 1.165) is 35.3 Å². The molecule has 3 aromatic rings. The highest BCUT2D eigenvalue weighted by atomic mass is 16.2. The summed E-state index contributed by atoms with van der Waals surface area (Å²) in [5.74, 6) is 1.10. The van der Waals surface area contributed by atoms with Gasteiger partial charge in [-0.3, -0.25) is 9.78 Å². The maximum Gasteiger partial charge on any atom is 0.245 e. The van der Waals surface area contributed by atoms with Crippen molar-refractivity contribution in [3.8, 4) is 0 Å². The lowest BCUT2D eigenvalue weighted by atomic mass is 10.2. The molecule has 0 aliphatic heterocycles. The summed E-state index contributed by atoms with van der Waals surface area (Å²) in [7, 11) is 0. The molecule has 0 aliphatic rings. The Morgan fingerprint density at radius 2 is 1.88 bits per heavy atom. The van der Waals surface area contributed by atoms with Gasteiger partial charge in [-0.25, -0.2) is 4.98 Å². The molecule has 0 saturated heterocycles. The minimum atomic E-state index is -0.286. The van der Waals surface area contributed by atoms with Crippen molar-refractivity contribution in [3.05, 3.63) is 60.2 Å². The van der Waals surface area contributed by atoms with Crippen LogP contribution in [0.2, 0.25) is 0 Å². The Labute approximate surface area is 154 Å². The van der Waals surface area contributed by atoms with Crippen LogP contribution in [0.3, 0.4) is 0 Å². The summed E-state index contributed by atoms with van der Waals surface area (Å²) in [6.07, 6.45) is 5.39. The van der Waals surface area contributed by atoms with Gasteiger partial charge in [0, 0.05) is 31.9 Å². The normalized spacial score (nSPS) is 12.3. The van der Waals surface area contributed by atoms with E-state index in [2.05, 4.69) is 16.5 Å². The van der Waals surface area contributed by atoms with Gasteiger partial charge in [0.1, 0.15) is 11.9 Å². The molecule has 5 nitrogen and oxygen atoms in total. The number of carbonyl (C=O) groups excluding carboxylic acids is 1. The average Bonchev–Trinajstić information content (AvgIpc) is 3.04. The van der Waals surface area contributed by atoms with Crippen molar-refractivity contribution in [2.24, 2.45) is 0 Å². The molecule has 1 aromatic carbocycles. The molecule has 5 heteroatoms. The number of carbonyl (C=O) groups is 1. The fourth-order valence-corrected chi connectivity index (χ4v) is 3.36. The van der Waals surface area contributed by atoms with Crippen LogP contribution in [0.25, 0.3) is 11.0 Å². The Hall–Kier alpha value is -2.69. The predicted molar refractivity (Wildman–Crippen MR) is 104 cm³/mol. The second kappa shape index (κ2) is 8.13. The van der Waals surface area contributed by atoms with Crippen LogP contribution in [0.4, 0.5) is 0 Å². The number of nitrogens with zero attached hydrogens (tertiary/aromatic N) is 4. The van der Waals surface area contributed by atoms with Crippen molar-refractivity contribution in [2.75, 3.05) is 6.54 Å². The van der Waals surface area contributed by atoms with Gasteiger partial charge in [-0.1, -0.05) is 19.1 Å². The first-order valence-electron chi connectivity index (χ1n) is 9.29. The summed E-state index contributed by atoms with van der Waals surface area (Å²) >= 11 is 0. The third kappa shape index (κ3) is 3.62. The topological polar surface area (TPSA) is 51.0 Å². The third-order valence-electron chi connectivity index (χ3n) is 4.70. The number of likely N-dealkylation sites (N-methyl/N-ethyl adjacent to an activating group) is 1. The van der Waals surface area contributed by atoms with Crippen LogP contribution >= 0.6 is 0 Å². The fraction of sp³-hybridized carbons (Fsp3) is 0.381. The lowest BCUT2D eigenvalue weighted by Crippen LogP contribution is -2.36. The van der Waals surface area contributed by atoms with Gasteiger partial charge in [-0.15, -0.1) is 0 Å². The number of aryl methyl sites for hydroxylation is 1. The highest BCUT2D eigenvalue weighted by Gasteiger charge is 2.25. The van der Waals surface area contributed by atoms with Gasteiger partial charge in [-0.05, 0) is 50.1 Å². The zero-order chi connectivity index (χ0) is 18.5. The van der Waals surface area contributed by atoms with Crippen molar-refractivity contribution >= 4 is 16.9 Å². The molecule has 3 rings (SSSR count). The number of aromatic nitrogens is 3. The maximum atomic E-state index is 13.2. The Bertz CT molecular complexity index is 872. The molecule has 1 amide bonds. The minimum absolute atomic E-state index is 0.116. The average molecular weight is 350 g/mol. The van der Waals surface area contributed by atoms with Crippen molar-refractivity contribution in [1.29, 1.82) is 0 Å². The highest BCUT2D eigenvalue weighted by molar-refractivity contribution is 5.84. The van der Waals surface area contributed by atoms with E-state index in [-0.39, 0.29) is 11.9 Å². The quantitative estimate of drug-likeness (QED) is 0.647. The number of hydrogen-bond donors (Lipinski definition) is 0. The van der Waals surface area contributed by atoms with E-state index >= 15 is 0 Å². The number of rotatable bonds is 7. The summed E-state index contributed by atoms with van der Waals surface area (Å²) in [5, 5.41) is 0. The molecular weight excluding hydrogens is 324 g/mol. The molecule has 0 saturated carbocycles. The molecule has 1 atom stereocenters. The molecule has 0 radical (unpaired) electrons. The summed E-state index contributed by atoms with van der Waals surface area (Å²) in [5.41, 5.74) is 3.07. The van der Waals surface area contributed by atoms with Crippen LogP contribution in [0.1, 0.15) is 44.6 Å². The van der Waals surface area contributed by atoms with E-state index < -0.39 is 0 Å². The van der Waals surface area contributed by atoms with Gasteiger partial charge in [0.15, 0.2) is 0 Å². The first-order valence-corrected chi connectivity index (χ1v) is 9.29. The van der Waals surface area contributed by atoms with Crippen molar-refractivity contribution in [2.45, 2.75) is 46.2 Å². The fourth-order valence-electron chi connectivity index (χ4n) is 3.36. The van der Waals surface area contributed by atoms with E-state index in [4.69, 9.17) is 4.98 Å². The van der Waals surface area contributed by atoms with Crippen LogP contribution in [-0.2, 0) is 17.8 Å². The van der Waals surface area contributed by atoms with E-state index in [9.17, 15) is 4.79 Å². The van der Waals surface area contributed by atoms with Gasteiger partial charge in [0.05, 0.1) is 11.0 Å². The molecular formula is C21H26N4O. The van der Waals surface area contributed by atoms with E-state index in [1.807, 2.05) is 55.1 Å². The van der Waals surface area contributed by atoms with Gasteiger partial charge in [0.25, 0.3) is 0 Å². The van der Waals surface area contributed by atoms with Crippen molar-refractivity contribution in [1.82, 2.24) is 19.4 Å². The van der Waals surface area contributed by atoms with E-state index in [0.29, 0.717) is 13.1 Å². The first kappa shape index (κ1) is 18.1. The predicted octanol–water partition coefficient (Wildman–Crippen LogP) is 3.99. The van der Waals surface area contributed by atoms with E-state index in [1.54, 1.807) is 12.4 Å². The molecule has 136 valence electrons. The van der Waals surface area contributed by atoms with Crippen LogP contribution in [0, 0.1) is 0 Å². The molecule has 2 heterocycles. The van der Waals surface area contributed by atoms with Crippen LogP contribution in [0.15, 0.2) is 48.8 Å². The molecule has 0 aliphatic carbocycles. The number of pyridine rings is 1. The highest BCUT2D eigenvalue weighted by Crippen LogP contribution is 2.24. The number of fused-ring (bicyclic) bond motifs is 1. The van der Waals surface area contributed by atoms with Crippen LogP contribution in [-0.4, -0.2) is 31.9 Å². The van der Waals surface area contributed by atoms with Crippen LogP contribution in [0.5, 0.6) is 0 Å². The summed E-state index contributed by atoms with van der Waals surface area (Å²) in [6, 6.07) is 11.7. The number of benzene rings is 1. The zero-order valence-corrected chi connectivity index (χ0v) is 15.7. The molecule has 0 bridgehead atoms. The van der Waals surface area contributed by atoms with Gasteiger partial charge in [0.2, 0.25) is 5.91 Å². The van der Waals surface area contributed by atoms with Crippen molar-refractivity contribution < 1.29 is 4.79 Å². The lowest BCUT2D eigenvalue weighted by Gasteiger charge is -2.26. The Morgan fingerprint density at radius 3 is 2.58 bits per heavy atom. The number of para-hydroxylation sites is 2. The second-order valence-corrected chi connectivity index (χ2v) is 6.52. The second-order valence-electron chi connectivity index (χ2n) is 6.52. The summed E-state index contributed by atoms with van der Waals surface area (Å²) in [6.45, 7) is 7.40. The number of imidazole rings is 1. The largest absolute Gasteiger partial charge is 0.337 e. The molecule has 0 N–H and O–H groups in total. The van der Waals surface area contributed by atoms with Gasteiger partial charge < -0.3 is 9.47 Å².